The molecule has 35 heavy (non-hydrogen) atoms. The number of benzene rings is 2. The Morgan fingerprint density at radius 3 is 1.37 bits per heavy atom. The molecule has 0 bridgehead atoms. The fourth-order valence-electron chi connectivity index (χ4n) is 4.49. The third-order valence-electron chi connectivity index (χ3n) is 6.73. The topological polar surface area (TPSA) is 90.2 Å². The Balaban J connectivity index is 2.47. The zero-order valence-electron chi connectivity index (χ0n) is 22.5. The summed E-state index contributed by atoms with van der Waals surface area (Å²) in [5.74, 6) is 2.00. The van der Waals surface area contributed by atoms with E-state index in [1.54, 1.807) is 38.1 Å². The lowest BCUT2D eigenvalue weighted by atomic mass is 9.87. The first-order chi connectivity index (χ1) is 16.4. The molecule has 0 saturated carbocycles. The Bertz CT molecular complexity index is 855. The molecule has 0 aliphatic heterocycles. The van der Waals surface area contributed by atoms with Gasteiger partial charge in [-0.15, -0.1) is 0 Å². The van der Waals surface area contributed by atoms with Crippen molar-refractivity contribution in [3.8, 4) is 11.5 Å². The second-order valence-electron chi connectivity index (χ2n) is 11.2. The van der Waals surface area contributed by atoms with Crippen LogP contribution in [0.15, 0.2) is 36.4 Å². The van der Waals surface area contributed by atoms with Crippen LogP contribution in [0.25, 0.3) is 0 Å². The maximum Gasteiger partial charge on any atom is 0.133 e. The molecule has 0 aliphatic carbocycles. The van der Waals surface area contributed by atoms with E-state index in [2.05, 4.69) is 27.7 Å². The number of hydrogen-bond donors (Lipinski definition) is 4. The Kier molecular flexibility index (Phi) is 10.8. The van der Waals surface area contributed by atoms with Crippen LogP contribution in [0.4, 0.5) is 0 Å². The molecule has 0 unspecified atom stereocenters. The van der Waals surface area contributed by atoms with Crippen molar-refractivity contribution in [3.05, 3.63) is 58.7 Å². The van der Waals surface area contributed by atoms with Crippen molar-refractivity contribution in [2.24, 2.45) is 11.8 Å². The maximum absolute atomic E-state index is 11.4. The number of aliphatic hydroxyl groups excluding tert-OH is 2. The van der Waals surface area contributed by atoms with Gasteiger partial charge < -0.3 is 25.2 Å². The van der Waals surface area contributed by atoms with Crippen LogP contribution in [0, 0.1) is 11.8 Å². The second kappa shape index (κ2) is 12.9. The summed E-state index contributed by atoms with van der Waals surface area (Å²) >= 11 is 0. The molecule has 0 spiro atoms. The highest BCUT2D eigenvalue weighted by molar-refractivity contribution is 5.48. The average molecular weight is 487 g/mol. The van der Waals surface area contributed by atoms with Crippen LogP contribution in [0.5, 0.6) is 11.5 Å². The molecular formula is C30H46O5. The molecule has 0 aromatic heterocycles. The van der Waals surface area contributed by atoms with Crippen LogP contribution in [0.2, 0.25) is 0 Å². The van der Waals surface area contributed by atoms with E-state index in [1.807, 2.05) is 12.1 Å². The summed E-state index contributed by atoms with van der Waals surface area (Å²) in [6.07, 6.45) is 4.95. The lowest BCUT2D eigenvalue weighted by Crippen LogP contribution is -2.24. The third kappa shape index (κ3) is 8.60. The minimum absolute atomic E-state index is 0.150. The van der Waals surface area contributed by atoms with Crippen LogP contribution in [-0.2, 0) is 24.4 Å². The second-order valence-corrected chi connectivity index (χ2v) is 11.2. The van der Waals surface area contributed by atoms with E-state index in [0.717, 1.165) is 25.7 Å². The first-order valence-electron chi connectivity index (χ1n) is 13.0. The lowest BCUT2D eigenvalue weighted by molar-refractivity contribution is 0.0396. The van der Waals surface area contributed by atoms with Gasteiger partial charge in [0.1, 0.15) is 11.5 Å². The van der Waals surface area contributed by atoms with Gasteiger partial charge >= 0.3 is 0 Å². The largest absolute Gasteiger partial charge is 0.457 e. The molecule has 0 amide bonds. The molecule has 4 N–H and O–H groups in total. The third-order valence-corrected chi connectivity index (χ3v) is 6.73. The summed E-state index contributed by atoms with van der Waals surface area (Å²) in [6, 6.07) is 10.7. The molecule has 2 aromatic carbocycles. The maximum atomic E-state index is 11.4. The van der Waals surface area contributed by atoms with E-state index in [4.69, 9.17) is 4.74 Å². The molecule has 0 aliphatic rings. The van der Waals surface area contributed by atoms with Crippen LogP contribution in [-0.4, -0.2) is 20.4 Å². The van der Waals surface area contributed by atoms with E-state index in [0.29, 0.717) is 58.4 Å². The van der Waals surface area contributed by atoms with Gasteiger partial charge in [-0.2, -0.15) is 0 Å². The van der Waals surface area contributed by atoms with Crippen molar-refractivity contribution in [1.29, 1.82) is 0 Å². The van der Waals surface area contributed by atoms with Crippen LogP contribution in [0.1, 0.15) is 102 Å². The Hall–Kier alpha value is -1.92. The van der Waals surface area contributed by atoms with Gasteiger partial charge in [0, 0.05) is 11.1 Å². The standard InChI is InChI=1S/C30H46O5/c1-21(2)9-7-15-29(5,33)25-13-11-23(19-31)17-27(25)35-28-18-24(20-32)12-14-26(28)30(6,34)16-8-10-22(3)4/h11-14,17-18,21-22,31-34H,7-10,15-16,19-20H2,1-6H3/t29-,30+. The Morgan fingerprint density at radius 2 is 1.06 bits per heavy atom. The predicted octanol–water partition coefficient (Wildman–Crippen LogP) is 6.53. The van der Waals surface area contributed by atoms with Crippen molar-refractivity contribution < 1.29 is 25.2 Å². The van der Waals surface area contributed by atoms with Gasteiger partial charge in [-0.05, 0) is 74.6 Å². The summed E-state index contributed by atoms with van der Waals surface area (Å²) in [4.78, 5) is 0. The number of aliphatic hydroxyl groups is 4. The number of hydrogen-bond acceptors (Lipinski definition) is 5. The fourth-order valence-corrected chi connectivity index (χ4v) is 4.49. The van der Waals surface area contributed by atoms with Gasteiger partial charge in [0.05, 0.1) is 24.4 Å². The highest BCUT2D eigenvalue weighted by Gasteiger charge is 2.30. The van der Waals surface area contributed by atoms with Crippen molar-refractivity contribution >= 4 is 0 Å². The van der Waals surface area contributed by atoms with Crippen molar-refractivity contribution in [2.75, 3.05) is 0 Å². The Morgan fingerprint density at radius 1 is 0.686 bits per heavy atom. The first-order valence-corrected chi connectivity index (χ1v) is 13.0. The van der Waals surface area contributed by atoms with Gasteiger partial charge in [0.15, 0.2) is 0 Å². The van der Waals surface area contributed by atoms with Crippen molar-refractivity contribution in [3.63, 3.8) is 0 Å². The minimum atomic E-state index is -1.12. The molecule has 0 radical (unpaired) electrons. The minimum Gasteiger partial charge on any atom is -0.457 e. The van der Waals surface area contributed by atoms with Gasteiger partial charge in [0.2, 0.25) is 0 Å². The normalized spacial score (nSPS) is 15.3. The summed E-state index contributed by atoms with van der Waals surface area (Å²) in [7, 11) is 0. The summed E-state index contributed by atoms with van der Waals surface area (Å²) < 4.78 is 6.41. The quantitative estimate of drug-likeness (QED) is 0.244. The number of rotatable bonds is 14. The predicted molar refractivity (Wildman–Crippen MR) is 141 cm³/mol. The highest BCUT2D eigenvalue weighted by atomic mass is 16.5. The van der Waals surface area contributed by atoms with Crippen LogP contribution < -0.4 is 4.74 Å². The zero-order valence-corrected chi connectivity index (χ0v) is 22.5. The van der Waals surface area contributed by atoms with Gasteiger partial charge in [-0.25, -0.2) is 0 Å². The smallest absolute Gasteiger partial charge is 0.133 e. The van der Waals surface area contributed by atoms with E-state index in [1.165, 1.54) is 0 Å². The summed E-state index contributed by atoms with van der Waals surface area (Å²) in [5, 5.41) is 42.3. The van der Waals surface area contributed by atoms with Gasteiger partial charge in [-0.1, -0.05) is 64.8 Å². The Labute approximate surface area is 211 Å². The number of ether oxygens (including phenoxy) is 1. The average Bonchev–Trinajstić information content (AvgIpc) is 2.77. The molecular weight excluding hydrogens is 440 g/mol. The van der Waals surface area contributed by atoms with E-state index in [9.17, 15) is 20.4 Å². The van der Waals surface area contributed by atoms with Crippen LogP contribution in [0.3, 0.4) is 0 Å². The molecule has 0 fully saturated rings. The molecule has 196 valence electrons. The summed E-state index contributed by atoms with van der Waals surface area (Å²) in [6.45, 7) is 12.0. The SMILES string of the molecule is CC(C)CCC[C@](C)(O)c1ccc(CO)cc1Oc1cc(CO)ccc1[C@](C)(O)CCCC(C)C. The zero-order chi connectivity index (χ0) is 26.2. The monoisotopic (exact) mass is 486 g/mol. The van der Waals surface area contributed by atoms with E-state index >= 15 is 0 Å². The van der Waals surface area contributed by atoms with Crippen molar-refractivity contribution in [1.82, 2.24) is 0 Å². The molecule has 5 heteroatoms. The van der Waals surface area contributed by atoms with Gasteiger partial charge in [-0.3, -0.25) is 0 Å². The molecule has 0 saturated heterocycles. The molecule has 5 nitrogen and oxygen atoms in total. The fraction of sp³-hybridized carbons (Fsp3) is 0.600. The molecule has 2 rings (SSSR count). The van der Waals surface area contributed by atoms with Gasteiger partial charge in [0.25, 0.3) is 0 Å². The van der Waals surface area contributed by atoms with E-state index in [-0.39, 0.29) is 13.2 Å². The highest BCUT2D eigenvalue weighted by Crippen LogP contribution is 2.41. The molecule has 2 aromatic rings. The molecule has 2 atom stereocenters. The molecule has 0 heterocycles. The first kappa shape index (κ1) is 29.3. The van der Waals surface area contributed by atoms with Crippen molar-refractivity contribution in [2.45, 2.75) is 104 Å². The lowest BCUT2D eigenvalue weighted by Gasteiger charge is -2.30. The summed E-state index contributed by atoms with van der Waals surface area (Å²) in [5.41, 5.74) is 0.381. The van der Waals surface area contributed by atoms with E-state index < -0.39 is 11.2 Å². The van der Waals surface area contributed by atoms with Crippen LogP contribution >= 0.6 is 0 Å².